The van der Waals surface area contributed by atoms with Gasteiger partial charge in [-0.25, -0.2) is 0 Å². The van der Waals surface area contributed by atoms with Gasteiger partial charge >= 0.3 is 5.97 Å². The minimum atomic E-state index is -0.666. The molecule has 4 heteroatoms. The molecule has 0 aliphatic carbocycles. The Hall–Kier alpha value is -0.610. The van der Waals surface area contributed by atoms with E-state index in [-0.39, 0.29) is 12.2 Å². The van der Waals surface area contributed by atoms with Crippen molar-refractivity contribution < 1.29 is 20.1 Å². The van der Waals surface area contributed by atoms with Crippen LogP contribution in [0.5, 0.6) is 0 Å². The summed E-state index contributed by atoms with van der Waals surface area (Å²) in [6.45, 7) is 1.98. The summed E-state index contributed by atoms with van der Waals surface area (Å²) in [4.78, 5) is 10.4. The van der Waals surface area contributed by atoms with E-state index in [9.17, 15) is 15.0 Å². The molecule has 174 valence electrons. The number of aliphatic hydroxyl groups excluding tert-OH is 2. The van der Waals surface area contributed by atoms with Gasteiger partial charge in [-0.1, -0.05) is 103 Å². The van der Waals surface area contributed by atoms with E-state index in [0.717, 1.165) is 44.9 Å². The molecule has 0 radical (unpaired) electrons. The molecule has 0 rings (SSSR count). The van der Waals surface area contributed by atoms with Crippen LogP contribution in [0.3, 0.4) is 0 Å². The lowest BCUT2D eigenvalue weighted by molar-refractivity contribution is -0.137. The van der Waals surface area contributed by atoms with Crippen molar-refractivity contribution in [3.8, 4) is 0 Å². The lowest BCUT2D eigenvalue weighted by Crippen LogP contribution is -2.12. The average molecular weight is 415 g/mol. The highest BCUT2D eigenvalue weighted by atomic mass is 16.4. The fraction of sp³-hybridized carbons (Fsp3) is 0.960. The molecule has 4 nitrogen and oxygen atoms in total. The first-order valence-electron chi connectivity index (χ1n) is 12.6. The fourth-order valence-corrected chi connectivity index (χ4v) is 3.86. The van der Waals surface area contributed by atoms with Crippen LogP contribution >= 0.6 is 0 Å². The summed E-state index contributed by atoms with van der Waals surface area (Å²) in [6, 6.07) is 0. The van der Waals surface area contributed by atoms with Crippen molar-refractivity contribution in [2.75, 3.05) is 0 Å². The molecular formula is C25H50O4. The molecule has 0 heterocycles. The monoisotopic (exact) mass is 414 g/mol. The molecule has 0 aromatic carbocycles. The Morgan fingerprint density at radius 2 is 0.897 bits per heavy atom. The predicted octanol–water partition coefficient (Wildman–Crippen LogP) is 7.00. The van der Waals surface area contributed by atoms with Crippen LogP contribution < -0.4 is 0 Å². The SMILES string of the molecule is CCC(O)CCC(O)CCCCCCCCCCCCCCCCCCC(=O)O. The van der Waals surface area contributed by atoms with Crippen LogP contribution in [-0.2, 0) is 4.79 Å². The zero-order valence-electron chi connectivity index (χ0n) is 19.3. The number of carbonyl (C=O) groups is 1. The van der Waals surface area contributed by atoms with Crippen molar-refractivity contribution in [3.63, 3.8) is 0 Å². The number of rotatable bonds is 23. The fourth-order valence-electron chi connectivity index (χ4n) is 3.86. The van der Waals surface area contributed by atoms with E-state index >= 15 is 0 Å². The maximum Gasteiger partial charge on any atom is 0.303 e. The molecule has 29 heavy (non-hydrogen) atoms. The van der Waals surface area contributed by atoms with E-state index in [0.29, 0.717) is 6.42 Å². The Morgan fingerprint density at radius 3 is 1.28 bits per heavy atom. The predicted molar refractivity (Wildman–Crippen MR) is 122 cm³/mol. The summed E-state index contributed by atoms with van der Waals surface area (Å²) in [5.74, 6) is -0.666. The number of aliphatic carboxylic acids is 1. The molecule has 0 spiro atoms. The van der Waals surface area contributed by atoms with Gasteiger partial charge in [0.05, 0.1) is 12.2 Å². The molecule has 0 aromatic heterocycles. The number of carboxylic acid groups (broad SMARTS) is 1. The molecule has 2 atom stereocenters. The minimum absolute atomic E-state index is 0.229. The van der Waals surface area contributed by atoms with Crippen molar-refractivity contribution in [1.82, 2.24) is 0 Å². The Labute approximate surface area is 180 Å². The van der Waals surface area contributed by atoms with Crippen molar-refractivity contribution in [3.05, 3.63) is 0 Å². The van der Waals surface area contributed by atoms with Crippen LogP contribution in [0.4, 0.5) is 0 Å². The molecule has 0 saturated heterocycles. The van der Waals surface area contributed by atoms with Gasteiger partial charge in [0, 0.05) is 6.42 Å². The lowest BCUT2D eigenvalue weighted by atomic mass is 10.0. The van der Waals surface area contributed by atoms with Gasteiger partial charge < -0.3 is 15.3 Å². The van der Waals surface area contributed by atoms with Gasteiger partial charge in [0.25, 0.3) is 0 Å². The Bertz CT molecular complexity index is 346. The Kier molecular flexibility index (Phi) is 21.6. The third-order valence-corrected chi connectivity index (χ3v) is 5.98. The summed E-state index contributed by atoms with van der Waals surface area (Å²) in [7, 11) is 0. The first kappa shape index (κ1) is 28.4. The number of unbranched alkanes of at least 4 members (excludes halogenated alkanes) is 15. The Balaban J connectivity index is 3.12. The van der Waals surface area contributed by atoms with E-state index in [1.165, 1.54) is 83.5 Å². The largest absolute Gasteiger partial charge is 0.481 e. The standard InChI is InChI=1S/C25H50O4/c1-2-23(26)21-22-24(27)19-17-15-13-11-9-7-5-3-4-6-8-10-12-14-16-18-20-25(28)29/h23-24,26-27H,2-22H2,1H3,(H,28,29). The molecule has 0 bridgehead atoms. The summed E-state index contributed by atoms with van der Waals surface area (Å²) >= 11 is 0. The van der Waals surface area contributed by atoms with E-state index in [4.69, 9.17) is 5.11 Å². The third kappa shape index (κ3) is 23.5. The highest BCUT2D eigenvalue weighted by Gasteiger charge is 2.07. The summed E-state index contributed by atoms with van der Waals surface area (Å²) in [5, 5.41) is 28.0. The molecule has 0 amide bonds. The summed E-state index contributed by atoms with van der Waals surface area (Å²) in [6.07, 6.45) is 23.1. The van der Waals surface area contributed by atoms with E-state index < -0.39 is 5.97 Å². The zero-order chi connectivity index (χ0) is 21.6. The highest BCUT2D eigenvalue weighted by molar-refractivity contribution is 5.66. The van der Waals surface area contributed by atoms with Crippen molar-refractivity contribution in [2.45, 2.75) is 154 Å². The Morgan fingerprint density at radius 1 is 0.552 bits per heavy atom. The van der Waals surface area contributed by atoms with Gasteiger partial charge in [-0.05, 0) is 32.1 Å². The molecule has 0 aromatic rings. The van der Waals surface area contributed by atoms with Gasteiger partial charge in [0.1, 0.15) is 0 Å². The highest BCUT2D eigenvalue weighted by Crippen LogP contribution is 2.15. The number of hydrogen-bond donors (Lipinski definition) is 3. The normalized spacial score (nSPS) is 13.5. The van der Waals surface area contributed by atoms with Gasteiger partial charge in [-0.15, -0.1) is 0 Å². The van der Waals surface area contributed by atoms with Crippen LogP contribution in [0.2, 0.25) is 0 Å². The second-order valence-corrected chi connectivity index (χ2v) is 8.88. The molecule has 0 fully saturated rings. The van der Waals surface area contributed by atoms with Crippen LogP contribution in [0.25, 0.3) is 0 Å². The number of hydrogen-bond acceptors (Lipinski definition) is 3. The van der Waals surface area contributed by atoms with Gasteiger partial charge in [0.2, 0.25) is 0 Å². The first-order chi connectivity index (χ1) is 14.1. The molecule has 0 aliphatic rings. The smallest absolute Gasteiger partial charge is 0.303 e. The average Bonchev–Trinajstić information content (AvgIpc) is 2.70. The van der Waals surface area contributed by atoms with Crippen LogP contribution in [0.15, 0.2) is 0 Å². The van der Waals surface area contributed by atoms with E-state index in [1.54, 1.807) is 0 Å². The van der Waals surface area contributed by atoms with Crippen LogP contribution in [0, 0.1) is 0 Å². The maximum atomic E-state index is 10.4. The third-order valence-electron chi connectivity index (χ3n) is 5.98. The first-order valence-corrected chi connectivity index (χ1v) is 12.6. The van der Waals surface area contributed by atoms with Crippen LogP contribution in [-0.4, -0.2) is 33.5 Å². The lowest BCUT2D eigenvalue weighted by Gasteiger charge is -2.12. The zero-order valence-corrected chi connectivity index (χ0v) is 19.3. The van der Waals surface area contributed by atoms with Crippen molar-refractivity contribution in [1.29, 1.82) is 0 Å². The van der Waals surface area contributed by atoms with E-state index in [2.05, 4.69) is 0 Å². The van der Waals surface area contributed by atoms with Crippen LogP contribution in [0.1, 0.15) is 142 Å². The second kappa shape index (κ2) is 22.1. The summed E-state index contributed by atoms with van der Waals surface area (Å²) < 4.78 is 0. The molecule has 3 N–H and O–H groups in total. The molecule has 0 aliphatic heterocycles. The molecule has 0 saturated carbocycles. The second-order valence-electron chi connectivity index (χ2n) is 8.88. The number of carboxylic acids is 1. The topological polar surface area (TPSA) is 77.8 Å². The van der Waals surface area contributed by atoms with Gasteiger partial charge in [0.15, 0.2) is 0 Å². The maximum absolute atomic E-state index is 10.4. The van der Waals surface area contributed by atoms with E-state index in [1.807, 2.05) is 6.92 Å². The van der Waals surface area contributed by atoms with Crippen molar-refractivity contribution in [2.24, 2.45) is 0 Å². The quantitative estimate of drug-likeness (QED) is 0.157. The minimum Gasteiger partial charge on any atom is -0.481 e. The van der Waals surface area contributed by atoms with Gasteiger partial charge in [-0.2, -0.15) is 0 Å². The molecular weight excluding hydrogens is 364 g/mol. The molecule has 2 unspecified atom stereocenters. The number of aliphatic hydroxyl groups is 2. The van der Waals surface area contributed by atoms with Crippen molar-refractivity contribution >= 4 is 5.97 Å². The van der Waals surface area contributed by atoms with Gasteiger partial charge in [-0.3, -0.25) is 4.79 Å². The summed E-state index contributed by atoms with van der Waals surface area (Å²) in [5.41, 5.74) is 0.